The molecule has 2 aromatic heterocycles. The summed E-state index contributed by atoms with van der Waals surface area (Å²) >= 11 is 5.89. The number of hydrogen-bond donors (Lipinski definition) is 2. The fraction of sp³-hybridized carbons (Fsp3) is 0.231. The van der Waals surface area contributed by atoms with Gasteiger partial charge in [-0.3, -0.25) is 4.79 Å². The number of nitrogens with zero attached hydrogens (tertiary/aromatic N) is 5. The third-order valence-corrected chi connectivity index (χ3v) is 6.38. The molecule has 11 heteroatoms. The van der Waals surface area contributed by atoms with Crippen LogP contribution in [0.15, 0.2) is 54.6 Å². The number of halogens is 1. The summed E-state index contributed by atoms with van der Waals surface area (Å²) < 4.78 is 10.8. The molecule has 3 heterocycles. The molecule has 37 heavy (non-hydrogen) atoms. The molecule has 0 spiro atoms. The van der Waals surface area contributed by atoms with Crippen molar-refractivity contribution < 1.29 is 19.4 Å². The summed E-state index contributed by atoms with van der Waals surface area (Å²) in [6.07, 6.45) is 0. The number of pyridine rings is 1. The van der Waals surface area contributed by atoms with Crippen LogP contribution in [-0.2, 0) is 4.79 Å². The Bertz CT molecular complexity index is 1440. The Morgan fingerprint density at radius 1 is 1.03 bits per heavy atom. The largest absolute Gasteiger partial charge is 0.504 e. The Kier molecular flexibility index (Phi) is 6.82. The molecule has 0 aliphatic carbocycles. The summed E-state index contributed by atoms with van der Waals surface area (Å²) in [4.78, 5) is 30.2. The average molecular weight is 521 g/mol. The van der Waals surface area contributed by atoms with E-state index in [9.17, 15) is 9.90 Å². The predicted molar refractivity (Wildman–Crippen MR) is 141 cm³/mol. The number of carbonyl (C=O) groups is 1. The molecule has 1 amide bonds. The number of benzene rings is 2. The quantitative estimate of drug-likeness (QED) is 0.393. The zero-order chi connectivity index (χ0) is 25.9. The van der Waals surface area contributed by atoms with Crippen molar-refractivity contribution in [1.29, 1.82) is 0 Å². The van der Waals surface area contributed by atoms with Crippen LogP contribution in [0.5, 0.6) is 17.2 Å². The van der Waals surface area contributed by atoms with Gasteiger partial charge in [0.05, 0.1) is 18.3 Å². The topological polar surface area (TPSA) is 127 Å². The Labute approximate surface area is 218 Å². The Morgan fingerprint density at radius 2 is 1.78 bits per heavy atom. The first-order valence-corrected chi connectivity index (χ1v) is 12.0. The Hall–Kier alpha value is -4.31. The SMILES string of the molecule is COc1cc(-c2ccc3nc(N)nc(N4CCN(C(=O)COc5ccc(Cl)cc5)CC4)c3n2)ccc1O. The number of rotatable bonds is 6. The van der Waals surface area contributed by atoms with Gasteiger partial charge in [0.2, 0.25) is 5.95 Å². The second kappa shape index (κ2) is 10.4. The molecule has 0 bridgehead atoms. The number of phenols is 1. The molecule has 4 aromatic rings. The molecule has 1 aliphatic heterocycles. The lowest BCUT2D eigenvalue weighted by Gasteiger charge is -2.35. The maximum absolute atomic E-state index is 12.7. The minimum absolute atomic E-state index is 0.0496. The zero-order valence-electron chi connectivity index (χ0n) is 20.1. The van der Waals surface area contributed by atoms with Crippen LogP contribution in [0.2, 0.25) is 5.02 Å². The lowest BCUT2D eigenvalue weighted by Crippen LogP contribution is -2.50. The number of phenolic OH excluding ortho intramolecular Hbond substituents is 1. The van der Waals surface area contributed by atoms with E-state index < -0.39 is 0 Å². The predicted octanol–water partition coefficient (Wildman–Crippen LogP) is 3.37. The monoisotopic (exact) mass is 520 g/mol. The van der Waals surface area contributed by atoms with E-state index in [-0.39, 0.29) is 24.2 Å². The van der Waals surface area contributed by atoms with Gasteiger partial charge in [-0.1, -0.05) is 11.6 Å². The van der Waals surface area contributed by atoms with E-state index in [0.717, 1.165) is 5.56 Å². The van der Waals surface area contributed by atoms with E-state index >= 15 is 0 Å². The Balaban J connectivity index is 1.32. The number of methoxy groups -OCH3 is 1. The minimum Gasteiger partial charge on any atom is -0.504 e. The van der Waals surface area contributed by atoms with Crippen molar-refractivity contribution in [3.8, 4) is 28.5 Å². The summed E-state index contributed by atoms with van der Waals surface area (Å²) in [6, 6.07) is 15.6. The van der Waals surface area contributed by atoms with Gasteiger partial charge in [0.1, 0.15) is 11.3 Å². The first-order valence-electron chi connectivity index (χ1n) is 11.6. The first-order chi connectivity index (χ1) is 17.9. The highest BCUT2D eigenvalue weighted by Gasteiger charge is 2.25. The van der Waals surface area contributed by atoms with Gasteiger partial charge in [0, 0.05) is 36.8 Å². The van der Waals surface area contributed by atoms with E-state index in [0.29, 0.717) is 65.2 Å². The van der Waals surface area contributed by atoms with Crippen LogP contribution in [0, 0.1) is 0 Å². The Morgan fingerprint density at radius 3 is 2.51 bits per heavy atom. The van der Waals surface area contributed by atoms with Crippen molar-refractivity contribution in [2.75, 3.05) is 50.5 Å². The number of aromatic nitrogens is 3. The molecule has 0 atom stereocenters. The normalized spacial score (nSPS) is 13.6. The van der Waals surface area contributed by atoms with E-state index in [1.807, 2.05) is 12.1 Å². The number of anilines is 2. The molecule has 0 radical (unpaired) electrons. The van der Waals surface area contributed by atoms with Gasteiger partial charge in [-0.25, -0.2) is 9.97 Å². The number of piperazine rings is 1. The average Bonchev–Trinajstić information content (AvgIpc) is 2.92. The summed E-state index contributed by atoms with van der Waals surface area (Å²) in [7, 11) is 1.50. The number of ether oxygens (including phenoxy) is 2. The van der Waals surface area contributed by atoms with Gasteiger partial charge >= 0.3 is 0 Å². The first kappa shape index (κ1) is 24.4. The molecule has 190 valence electrons. The number of aromatic hydroxyl groups is 1. The lowest BCUT2D eigenvalue weighted by molar-refractivity contribution is -0.133. The molecule has 5 rings (SSSR count). The third kappa shape index (κ3) is 5.29. The fourth-order valence-corrected chi connectivity index (χ4v) is 4.30. The van der Waals surface area contributed by atoms with Gasteiger partial charge in [0.15, 0.2) is 23.9 Å². The maximum Gasteiger partial charge on any atom is 0.260 e. The van der Waals surface area contributed by atoms with Crippen molar-refractivity contribution in [2.45, 2.75) is 0 Å². The van der Waals surface area contributed by atoms with E-state index in [1.54, 1.807) is 47.4 Å². The standard InChI is InChI=1S/C26H25ClN6O4/c1-36-22-14-16(2-9-21(22)34)19-7-8-20-24(29-19)25(31-26(28)30-20)33-12-10-32(11-13-33)23(35)15-37-18-5-3-17(27)4-6-18/h2-9,14,34H,10-13,15H2,1H3,(H2,28,30,31). The zero-order valence-corrected chi connectivity index (χ0v) is 20.9. The number of carbonyl (C=O) groups excluding carboxylic acids is 1. The molecular formula is C26H25ClN6O4. The number of nitrogens with two attached hydrogens (primary N) is 1. The molecule has 2 aromatic carbocycles. The van der Waals surface area contributed by atoms with Crippen LogP contribution < -0.4 is 20.1 Å². The van der Waals surface area contributed by atoms with Gasteiger partial charge in [0.25, 0.3) is 5.91 Å². The van der Waals surface area contributed by atoms with Crippen LogP contribution in [0.3, 0.4) is 0 Å². The molecule has 1 aliphatic rings. The number of fused-ring (bicyclic) bond motifs is 1. The van der Waals surface area contributed by atoms with Crippen molar-refractivity contribution in [1.82, 2.24) is 19.9 Å². The second-order valence-electron chi connectivity index (χ2n) is 8.47. The van der Waals surface area contributed by atoms with Gasteiger partial charge in [-0.05, 0) is 54.6 Å². The fourth-order valence-electron chi connectivity index (χ4n) is 4.17. The van der Waals surface area contributed by atoms with E-state index in [2.05, 4.69) is 14.9 Å². The van der Waals surface area contributed by atoms with Crippen molar-refractivity contribution in [3.05, 3.63) is 59.6 Å². The van der Waals surface area contributed by atoms with E-state index in [1.165, 1.54) is 7.11 Å². The summed E-state index contributed by atoms with van der Waals surface area (Å²) in [5.74, 6) is 1.66. The van der Waals surface area contributed by atoms with Gasteiger partial charge in [-0.2, -0.15) is 4.98 Å². The van der Waals surface area contributed by atoms with Crippen LogP contribution in [0.1, 0.15) is 0 Å². The van der Waals surface area contributed by atoms with Gasteiger partial charge in [-0.15, -0.1) is 0 Å². The highest BCUT2D eigenvalue weighted by Crippen LogP contribution is 2.32. The molecule has 10 nitrogen and oxygen atoms in total. The second-order valence-corrected chi connectivity index (χ2v) is 8.90. The van der Waals surface area contributed by atoms with Crippen LogP contribution in [0.4, 0.5) is 11.8 Å². The highest BCUT2D eigenvalue weighted by molar-refractivity contribution is 6.30. The number of hydrogen-bond acceptors (Lipinski definition) is 9. The van der Waals surface area contributed by atoms with Gasteiger partial charge < -0.3 is 30.1 Å². The molecule has 0 saturated carbocycles. The maximum atomic E-state index is 12.7. The van der Waals surface area contributed by atoms with Crippen LogP contribution in [0.25, 0.3) is 22.3 Å². The summed E-state index contributed by atoms with van der Waals surface area (Å²) in [5.41, 5.74) is 8.67. The molecule has 1 fully saturated rings. The van der Waals surface area contributed by atoms with Crippen molar-refractivity contribution >= 4 is 40.3 Å². The summed E-state index contributed by atoms with van der Waals surface area (Å²) in [5, 5.41) is 10.5. The number of amides is 1. The molecule has 0 unspecified atom stereocenters. The minimum atomic E-state index is -0.0941. The summed E-state index contributed by atoms with van der Waals surface area (Å²) in [6.45, 7) is 2.06. The van der Waals surface area contributed by atoms with Crippen molar-refractivity contribution in [3.63, 3.8) is 0 Å². The van der Waals surface area contributed by atoms with Crippen molar-refractivity contribution in [2.24, 2.45) is 0 Å². The van der Waals surface area contributed by atoms with Crippen LogP contribution in [-0.4, -0.2) is 70.8 Å². The van der Waals surface area contributed by atoms with E-state index in [4.69, 9.17) is 31.8 Å². The lowest BCUT2D eigenvalue weighted by atomic mass is 10.1. The molecular weight excluding hydrogens is 496 g/mol. The molecule has 1 saturated heterocycles. The number of nitrogen functional groups attached to an aromatic ring is 1. The third-order valence-electron chi connectivity index (χ3n) is 6.12. The highest BCUT2D eigenvalue weighted by atomic mass is 35.5. The smallest absolute Gasteiger partial charge is 0.260 e. The van der Waals surface area contributed by atoms with Crippen LogP contribution >= 0.6 is 11.6 Å². The molecule has 3 N–H and O–H groups in total.